The summed E-state index contributed by atoms with van der Waals surface area (Å²) in [5, 5.41) is 8.70. The standard InChI is InChI=1S/C16H21NO2S/c1-13-5-8-16(19)17(10-9-13)12-15-7-6-14(20-15)4-2-3-11-18/h6-7,13,18H,3,5,8-12H2,1H3. The minimum absolute atomic E-state index is 0.103. The van der Waals surface area contributed by atoms with E-state index in [1.807, 2.05) is 11.0 Å². The number of thiophene rings is 1. The minimum Gasteiger partial charge on any atom is -0.395 e. The van der Waals surface area contributed by atoms with Crippen molar-refractivity contribution in [2.45, 2.75) is 39.2 Å². The van der Waals surface area contributed by atoms with Gasteiger partial charge >= 0.3 is 0 Å². The Morgan fingerprint density at radius 1 is 1.45 bits per heavy atom. The summed E-state index contributed by atoms with van der Waals surface area (Å²) in [5.41, 5.74) is 0. The molecule has 2 rings (SSSR count). The van der Waals surface area contributed by atoms with Crippen molar-refractivity contribution in [1.82, 2.24) is 4.90 Å². The maximum Gasteiger partial charge on any atom is 0.222 e. The van der Waals surface area contributed by atoms with Gasteiger partial charge in [-0.1, -0.05) is 18.8 Å². The number of rotatable bonds is 3. The van der Waals surface area contributed by atoms with Crippen LogP contribution in [0.4, 0.5) is 0 Å². The maximum atomic E-state index is 12.1. The molecule has 0 saturated carbocycles. The quantitative estimate of drug-likeness (QED) is 0.870. The van der Waals surface area contributed by atoms with Crippen LogP contribution in [0.25, 0.3) is 0 Å². The molecule has 0 bridgehead atoms. The van der Waals surface area contributed by atoms with Crippen LogP contribution in [0, 0.1) is 17.8 Å². The van der Waals surface area contributed by atoms with Crippen LogP contribution in [0.2, 0.25) is 0 Å². The number of hydrogen-bond acceptors (Lipinski definition) is 3. The van der Waals surface area contributed by atoms with E-state index in [0.717, 1.165) is 24.3 Å². The second kappa shape index (κ2) is 7.47. The van der Waals surface area contributed by atoms with E-state index in [4.69, 9.17) is 5.11 Å². The molecule has 2 heterocycles. The van der Waals surface area contributed by atoms with Gasteiger partial charge in [-0.3, -0.25) is 4.79 Å². The van der Waals surface area contributed by atoms with Crippen molar-refractivity contribution in [1.29, 1.82) is 0 Å². The Balaban J connectivity index is 1.96. The largest absolute Gasteiger partial charge is 0.395 e. The molecular formula is C16H21NO2S. The number of amides is 1. The fourth-order valence-corrected chi connectivity index (χ4v) is 3.16. The van der Waals surface area contributed by atoms with Gasteiger partial charge in [0.15, 0.2) is 0 Å². The molecule has 1 N–H and O–H groups in total. The van der Waals surface area contributed by atoms with Gasteiger partial charge in [-0.2, -0.15) is 0 Å². The third kappa shape index (κ3) is 4.36. The molecular weight excluding hydrogens is 270 g/mol. The second-order valence-electron chi connectivity index (χ2n) is 5.29. The van der Waals surface area contributed by atoms with Gasteiger partial charge in [0.05, 0.1) is 18.0 Å². The molecule has 1 aliphatic rings. The fourth-order valence-electron chi connectivity index (χ4n) is 2.26. The lowest BCUT2D eigenvalue weighted by Gasteiger charge is -2.19. The molecule has 1 amide bonds. The van der Waals surface area contributed by atoms with Gasteiger partial charge in [-0.05, 0) is 30.9 Å². The van der Waals surface area contributed by atoms with Crippen molar-refractivity contribution in [3.05, 3.63) is 21.9 Å². The molecule has 0 radical (unpaired) electrons. The molecule has 0 spiro atoms. The van der Waals surface area contributed by atoms with Gasteiger partial charge in [-0.15, -0.1) is 11.3 Å². The van der Waals surface area contributed by atoms with E-state index in [1.54, 1.807) is 11.3 Å². The highest BCUT2D eigenvalue weighted by Gasteiger charge is 2.20. The topological polar surface area (TPSA) is 40.5 Å². The molecule has 1 atom stereocenters. The molecule has 0 aliphatic carbocycles. The van der Waals surface area contributed by atoms with Crippen molar-refractivity contribution in [2.75, 3.05) is 13.2 Å². The summed E-state index contributed by atoms with van der Waals surface area (Å²) >= 11 is 1.64. The van der Waals surface area contributed by atoms with Gasteiger partial charge in [0, 0.05) is 24.3 Å². The van der Waals surface area contributed by atoms with Crippen LogP contribution in [-0.4, -0.2) is 29.1 Å². The number of aliphatic hydroxyl groups excluding tert-OH is 1. The molecule has 1 unspecified atom stereocenters. The predicted octanol–water partition coefficient (Wildman–Crippen LogP) is 2.63. The number of aliphatic hydroxyl groups is 1. The van der Waals surface area contributed by atoms with E-state index in [1.165, 1.54) is 4.88 Å². The zero-order valence-corrected chi connectivity index (χ0v) is 12.7. The van der Waals surface area contributed by atoms with Gasteiger partial charge < -0.3 is 10.0 Å². The Morgan fingerprint density at radius 2 is 2.30 bits per heavy atom. The highest BCUT2D eigenvalue weighted by Crippen LogP contribution is 2.22. The average molecular weight is 291 g/mol. The first kappa shape index (κ1) is 15.1. The Hall–Kier alpha value is -1.31. The van der Waals surface area contributed by atoms with Crippen molar-refractivity contribution in [3.8, 4) is 11.8 Å². The Bertz CT molecular complexity index is 512. The molecule has 4 heteroatoms. The van der Waals surface area contributed by atoms with E-state index in [9.17, 15) is 4.79 Å². The fraction of sp³-hybridized carbons (Fsp3) is 0.562. The van der Waals surface area contributed by atoms with Crippen molar-refractivity contribution < 1.29 is 9.90 Å². The smallest absolute Gasteiger partial charge is 0.222 e. The van der Waals surface area contributed by atoms with Gasteiger partial charge in [-0.25, -0.2) is 0 Å². The lowest BCUT2D eigenvalue weighted by Crippen LogP contribution is -2.29. The van der Waals surface area contributed by atoms with Gasteiger partial charge in [0.1, 0.15) is 0 Å². The van der Waals surface area contributed by atoms with Crippen LogP contribution in [0.1, 0.15) is 42.4 Å². The molecule has 108 valence electrons. The molecule has 20 heavy (non-hydrogen) atoms. The highest BCUT2D eigenvalue weighted by atomic mass is 32.1. The molecule has 0 aromatic carbocycles. The van der Waals surface area contributed by atoms with E-state index in [0.29, 0.717) is 25.3 Å². The predicted molar refractivity (Wildman–Crippen MR) is 81.3 cm³/mol. The van der Waals surface area contributed by atoms with Crippen molar-refractivity contribution >= 4 is 17.2 Å². The van der Waals surface area contributed by atoms with Crippen LogP contribution in [0.15, 0.2) is 12.1 Å². The summed E-state index contributed by atoms with van der Waals surface area (Å²) < 4.78 is 0. The van der Waals surface area contributed by atoms with Crippen LogP contribution in [0.5, 0.6) is 0 Å². The number of nitrogens with zero attached hydrogens (tertiary/aromatic N) is 1. The van der Waals surface area contributed by atoms with Crippen LogP contribution < -0.4 is 0 Å². The third-order valence-corrected chi connectivity index (χ3v) is 4.54. The van der Waals surface area contributed by atoms with Crippen LogP contribution in [-0.2, 0) is 11.3 Å². The molecule has 1 aliphatic heterocycles. The van der Waals surface area contributed by atoms with E-state index in [2.05, 4.69) is 24.8 Å². The van der Waals surface area contributed by atoms with Crippen molar-refractivity contribution in [3.63, 3.8) is 0 Å². The zero-order valence-electron chi connectivity index (χ0n) is 11.9. The summed E-state index contributed by atoms with van der Waals surface area (Å²) in [4.78, 5) is 16.2. The summed E-state index contributed by atoms with van der Waals surface area (Å²) in [6.45, 7) is 3.89. The molecule has 3 nitrogen and oxygen atoms in total. The Morgan fingerprint density at radius 3 is 3.10 bits per heavy atom. The van der Waals surface area contributed by atoms with E-state index in [-0.39, 0.29) is 12.5 Å². The summed E-state index contributed by atoms with van der Waals surface area (Å²) in [6.07, 6.45) is 3.30. The lowest BCUT2D eigenvalue weighted by atomic mass is 10.0. The van der Waals surface area contributed by atoms with E-state index < -0.39 is 0 Å². The SMILES string of the molecule is CC1CCC(=O)N(Cc2ccc(C#CCCO)s2)CC1. The number of likely N-dealkylation sites (tertiary alicyclic amines) is 1. The molecule has 1 saturated heterocycles. The lowest BCUT2D eigenvalue weighted by molar-refractivity contribution is -0.131. The average Bonchev–Trinajstić information content (AvgIpc) is 2.82. The monoisotopic (exact) mass is 291 g/mol. The first-order valence-corrected chi connectivity index (χ1v) is 7.97. The zero-order chi connectivity index (χ0) is 14.4. The van der Waals surface area contributed by atoms with Crippen LogP contribution >= 0.6 is 11.3 Å². The first-order valence-electron chi connectivity index (χ1n) is 7.15. The van der Waals surface area contributed by atoms with Crippen molar-refractivity contribution in [2.24, 2.45) is 5.92 Å². The molecule has 1 aromatic heterocycles. The maximum absolute atomic E-state index is 12.1. The number of carbonyl (C=O) groups is 1. The molecule has 1 fully saturated rings. The number of carbonyl (C=O) groups excluding carboxylic acids is 1. The minimum atomic E-state index is 0.103. The molecule has 1 aromatic rings. The van der Waals surface area contributed by atoms with Crippen LogP contribution in [0.3, 0.4) is 0 Å². The van der Waals surface area contributed by atoms with Gasteiger partial charge in [0.2, 0.25) is 5.91 Å². The van der Waals surface area contributed by atoms with E-state index >= 15 is 0 Å². The van der Waals surface area contributed by atoms with Gasteiger partial charge in [0.25, 0.3) is 0 Å². The Kier molecular flexibility index (Phi) is 5.63. The first-order chi connectivity index (χ1) is 9.69. The summed E-state index contributed by atoms with van der Waals surface area (Å²) in [6, 6.07) is 4.05. The highest BCUT2D eigenvalue weighted by molar-refractivity contribution is 7.12. The third-order valence-electron chi connectivity index (χ3n) is 3.55. The normalized spacial score (nSPS) is 19.4. The Labute approximate surface area is 124 Å². The summed E-state index contributed by atoms with van der Waals surface area (Å²) in [7, 11) is 0. The number of hydrogen-bond donors (Lipinski definition) is 1. The second-order valence-corrected chi connectivity index (χ2v) is 6.46. The summed E-state index contributed by atoms with van der Waals surface area (Å²) in [5.74, 6) is 6.88.